The van der Waals surface area contributed by atoms with Gasteiger partial charge in [0.15, 0.2) is 5.75 Å². The Morgan fingerprint density at radius 1 is 1.35 bits per heavy atom. The van der Waals surface area contributed by atoms with E-state index in [-0.39, 0.29) is 5.75 Å². The first kappa shape index (κ1) is 12.3. The molecule has 0 N–H and O–H groups in total. The molecule has 1 aromatic heterocycles. The van der Waals surface area contributed by atoms with Gasteiger partial charge in [-0.25, -0.2) is 4.98 Å². The minimum atomic E-state index is -0.536. The van der Waals surface area contributed by atoms with E-state index in [1.165, 1.54) is 6.20 Å². The zero-order chi connectivity index (χ0) is 12.1. The number of nitrogens with zero attached hydrogens (tertiary/aromatic N) is 3. The van der Waals surface area contributed by atoms with Crippen LogP contribution >= 0.6 is 0 Å². The van der Waals surface area contributed by atoms with Gasteiger partial charge in [-0.2, -0.15) is 4.39 Å². The lowest BCUT2D eigenvalue weighted by Crippen LogP contribution is -2.45. The molecular weight excluding hydrogens is 221 g/mol. The monoisotopic (exact) mass is 239 g/mol. The summed E-state index contributed by atoms with van der Waals surface area (Å²) in [6.07, 6.45) is 1.42. The molecule has 0 amide bonds. The molecule has 5 heteroatoms. The molecule has 94 valence electrons. The van der Waals surface area contributed by atoms with Gasteiger partial charge < -0.3 is 9.64 Å². The average molecular weight is 239 g/mol. The lowest BCUT2D eigenvalue weighted by molar-refractivity contribution is 0.132. The fourth-order valence-corrected chi connectivity index (χ4v) is 1.84. The SMILES string of the molecule is CN1CCN(CCOc2cccnc2F)CC1. The van der Waals surface area contributed by atoms with E-state index in [4.69, 9.17) is 4.74 Å². The summed E-state index contributed by atoms with van der Waals surface area (Å²) in [5, 5.41) is 0. The van der Waals surface area contributed by atoms with Gasteiger partial charge in [-0.3, -0.25) is 4.90 Å². The fourth-order valence-electron chi connectivity index (χ4n) is 1.84. The number of ether oxygens (including phenoxy) is 1. The largest absolute Gasteiger partial charge is 0.487 e. The number of likely N-dealkylation sites (N-methyl/N-ethyl adjacent to an activating group) is 1. The third-order valence-electron chi connectivity index (χ3n) is 2.99. The van der Waals surface area contributed by atoms with Gasteiger partial charge in [0.25, 0.3) is 5.95 Å². The van der Waals surface area contributed by atoms with E-state index in [0.717, 1.165) is 32.7 Å². The third kappa shape index (κ3) is 3.64. The molecule has 0 aliphatic carbocycles. The van der Waals surface area contributed by atoms with Crippen molar-refractivity contribution in [3.8, 4) is 5.75 Å². The first-order valence-electron chi connectivity index (χ1n) is 5.90. The Kier molecular flexibility index (Phi) is 4.28. The Labute approximate surface area is 101 Å². The summed E-state index contributed by atoms with van der Waals surface area (Å²) >= 11 is 0. The number of piperazine rings is 1. The second-order valence-corrected chi connectivity index (χ2v) is 4.29. The summed E-state index contributed by atoms with van der Waals surface area (Å²) in [6.45, 7) is 5.61. The summed E-state index contributed by atoms with van der Waals surface area (Å²) < 4.78 is 18.5. The van der Waals surface area contributed by atoms with Crippen LogP contribution < -0.4 is 4.74 Å². The second-order valence-electron chi connectivity index (χ2n) is 4.29. The van der Waals surface area contributed by atoms with Crippen LogP contribution in [0.2, 0.25) is 0 Å². The van der Waals surface area contributed by atoms with Gasteiger partial charge in [0.2, 0.25) is 0 Å². The van der Waals surface area contributed by atoms with Crippen molar-refractivity contribution >= 4 is 0 Å². The quantitative estimate of drug-likeness (QED) is 0.728. The maximum absolute atomic E-state index is 13.2. The first-order valence-corrected chi connectivity index (χ1v) is 5.90. The number of pyridine rings is 1. The van der Waals surface area contributed by atoms with Gasteiger partial charge in [-0.1, -0.05) is 0 Å². The van der Waals surface area contributed by atoms with Gasteiger partial charge in [-0.15, -0.1) is 0 Å². The van der Waals surface area contributed by atoms with E-state index in [9.17, 15) is 4.39 Å². The number of halogens is 1. The molecule has 0 radical (unpaired) electrons. The van der Waals surface area contributed by atoms with Crippen molar-refractivity contribution < 1.29 is 9.13 Å². The Bertz CT molecular complexity index is 353. The van der Waals surface area contributed by atoms with Crippen LogP contribution in [0.4, 0.5) is 4.39 Å². The standard InChI is InChI=1S/C12H18FN3O/c1-15-5-7-16(8-6-15)9-10-17-11-3-2-4-14-12(11)13/h2-4H,5-10H2,1H3. The molecule has 1 aromatic rings. The molecule has 1 fully saturated rings. The van der Waals surface area contributed by atoms with Crippen LogP contribution in [0.25, 0.3) is 0 Å². The highest BCUT2D eigenvalue weighted by molar-refractivity contribution is 5.17. The molecule has 0 bridgehead atoms. The molecule has 0 aromatic carbocycles. The lowest BCUT2D eigenvalue weighted by Gasteiger charge is -2.32. The second kappa shape index (κ2) is 5.93. The predicted molar refractivity (Wildman–Crippen MR) is 63.6 cm³/mol. The van der Waals surface area contributed by atoms with Gasteiger partial charge >= 0.3 is 0 Å². The Hall–Kier alpha value is -1.20. The highest BCUT2D eigenvalue weighted by Gasteiger charge is 2.13. The maximum Gasteiger partial charge on any atom is 0.255 e. The molecule has 0 atom stereocenters. The van der Waals surface area contributed by atoms with Gasteiger partial charge in [0.05, 0.1) is 0 Å². The zero-order valence-corrected chi connectivity index (χ0v) is 10.1. The van der Waals surface area contributed by atoms with Crippen LogP contribution in [-0.4, -0.2) is 61.2 Å². The first-order chi connectivity index (χ1) is 8.25. The minimum Gasteiger partial charge on any atom is -0.487 e. The van der Waals surface area contributed by atoms with Crippen molar-refractivity contribution in [2.75, 3.05) is 46.4 Å². The summed E-state index contributed by atoms with van der Waals surface area (Å²) in [4.78, 5) is 8.17. The number of aromatic nitrogens is 1. The van der Waals surface area contributed by atoms with Crippen molar-refractivity contribution in [1.82, 2.24) is 14.8 Å². The molecule has 0 unspecified atom stereocenters. The summed E-state index contributed by atoms with van der Waals surface area (Å²) in [5.41, 5.74) is 0. The van der Waals surface area contributed by atoms with E-state index in [0.29, 0.717) is 6.61 Å². The summed E-state index contributed by atoms with van der Waals surface area (Å²) in [7, 11) is 2.12. The number of hydrogen-bond acceptors (Lipinski definition) is 4. The molecule has 0 spiro atoms. The predicted octanol–water partition coefficient (Wildman–Crippen LogP) is 0.847. The maximum atomic E-state index is 13.2. The normalized spacial score (nSPS) is 18.2. The van der Waals surface area contributed by atoms with Crippen molar-refractivity contribution in [3.05, 3.63) is 24.3 Å². The molecule has 1 saturated heterocycles. The summed E-state index contributed by atoms with van der Waals surface area (Å²) in [5.74, 6) is -0.299. The minimum absolute atomic E-state index is 0.238. The molecule has 4 nitrogen and oxygen atoms in total. The molecule has 1 aliphatic rings. The van der Waals surface area contributed by atoms with E-state index in [1.54, 1.807) is 12.1 Å². The van der Waals surface area contributed by atoms with Gasteiger partial charge in [0.1, 0.15) is 6.61 Å². The third-order valence-corrected chi connectivity index (χ3v) is 2.99. The van der Waals surface area contributed by atoms with Crippen molar-refractivity contribution in [2.45, 2.75) is 0 Å². The van der Waals surface area contributed by atoms with Crippen LogP contribution in [0, 0.1) is 5.95 Å². The van der Waals surface area contributed by atoms with Gasteiger partial charge in [-0.05, 0) is 19.2 Å². The number of hydrogen-bond donors (Lipinski definition) is 0. The molecule has 2 heterocycles. The van der Waals surface area contributed by atoms with Gasteiger partial charge in [0, 0.05) is 38.9 Å². The average Bonchev–Trinajstić information content (AvgIpc) is 2.34. The van der Waals surface area contributed by atoms with Crippen molar-refractivity contribution in [3.63, 3.8) is 0 Å². The lowest BCUT2D eigenvalue weighted by atomic mass is 10.3. The van der Waals surface area contributed by atoms with Crippen LogP contribution in [0.5, 0.6) is 5.75 Å². The van der Waals surface area contributed by atoms with Crippen LogP contribution in [0.1, 0.15) is 0 Å². The Morgan fingerprint density at radius 3 is 2.82 bits per heavy atom. The van der Waals surface area contributed by atoms with E-state index in [1.807, 2.05) is 0 Å². The molecule has 1 aliphatic heterocycles. The van der Waals surface area contributed by atoms with E-state index < -0.39 is 5.95 Å². The summed E-state index contributed by atoms with van der Waals surface area (Å²) in [6, 6.07) is 3.28. The smallest absolute Gasteiger partial charge is 0.255 e. The van der Waals surface area contributed by atoms with Crippen LogP contribution in [-0.2, 0) is 0 Å². The Morgan fingerprint density at radius 2 is 2.12 bits per heavy atom. The highest BCUT2D eigenvalue weighted by Crippen LogP contribution is 2.12. The fraction of sp³-hybridized carbons (Fsp3) is 0.583. The van der Waals surface area contributed by atoms with Crippen molar-refractivity contribution in [1.29, 1.82) is 0 Å². The van der Waals surface area contributed by atoms with Crippen LogP contribution in [0.3, 0.4) is 0 Å². The zero-order valence-electron chi connectivity index (χ0n) is 10.1. The van der Waals surface area contributed by atoms with Crippen LogP contribution in [0.15, 0.2) is 18.3 Å². The highest BCUT2D eigenvalue weighted by atomic mass is 19.1. The number of rotatable bonds is 4. The Balaban J connectivity index is 1.71. The molecule has 2 rings (SSSR count). The molecule has 0 saturated carbocycles. The molecule has 17 heavy (non-hydrogen) atoms. The van der Waals surface area contributed by atoms with E-state index in [2.05, 4.69) is 21.8 Å². The molecular formula is C12H18FN3O. The topological polar surface area (TPSA) is 28.6 Å². The van der Waals surface area contributed by atoms with Crippen molar-refractivity contribution in [2.24, 2.45) is 0 Å². The van der Waals surface area contributed by atoms with E-state index >= 15 is 0 Å².